The molecule has 1 amide bonds. The number of hydrogen-bond donors (Lipinski definition) is 2. The van der Waals surface area contributed by atoms with Crippen LogP contribution in [0.3, 0.4) is 0 Å². The van der Waals surface area contributed by atoms with Crippen LogP contribution in [-0.4, -0.2) is 18.5 Å². The van der Waals surface area contributed by atoms with E-state index in [9.17, 15) is 4.79 Å². The summed E-state index contributed by atoms with van der Waals surface area (Å²) in [6, 6.07) is 0.424. The number of carbonyl (C=O) groups is 1. The van der Waals surface area contributed by atoms with Gasteiger partial charge >= 0.3 is 0 Å². The molecule has 20 heavy (non-hydrogen) atoms. The first-order valence-corrected chi connectivity index (χ1v) is 8.56. The highest BCUT2D eigenvalue weighted by atomic mass is 16.1. The van der Waals surface area contributed by atoms with E-state index in [-0.39, 0.29) is 5.91 Å². The Labute approximate surface area is 125 Å². The van der Waals surface area contributed by atoms with Crippen LogP contribution in [0.4, 0.5) is 0 Å². The summed E-state index contributed by atoms with van der Waals surface area (Å²) < 4.78 is 0. The Bertz CT molecular complexity index is 278. The monoisotopic (exact) mass is 282 g/mol. The summed E-state index contributed by atoms with van der Waals surface area (Å²) in [5.41, 5.74) is 5.65. The second-order valence-corrected chi connectivity index (χ2v) is 6.83. The lowest BCUT2D eigenvalue weighted by atomic mass is 9.84. The number of amides is 1. The quantitative estimate of drug-likeness (QED) is 0.716. The maximum Gasteiger partial charge on any atom is 0.220 e. The maximum atomic E-state index is 12.1. The van der Waals surface area contributed by atoms with Crippen molar-refractivity contribution in [2.75, 3.05) is 6.54 Å². The lowest BCUT2D eigenvalue weighted by Crippen LogP contribution is -2.38. The summed E-state index contributed by atoms with van der Waals surface area (Å²) >= 11 is 0. The van der Waals surface area contributed by atoms with Gasteiger partial charge in [-0.25, -0.2) is 0 Å². The van der Waals surface area contributed by atoms with Gasteiger partial charge in [-0.3, -0.25) is 4.79 Å². The lowest BCUT2D eigenvalue weighted by molar-refractivity contribution is -0.122. The van der Waals surface area contributed by atoms with Crippen molar-refractivity contribution < 1.29 is 4.79 Å². The van der Waals surface area contributed by atoms with Gasteiger partial charge in [-0.15, -0.1) is 0 Å². The largest absolute Gasteiger partial charge is 0.353 e. The van der Waals surface area contributed by atoms with E-state index in [4.69, 9.17) is 5.73 Å². The molecule has 0 bridgehead atoms. The maximum absolute atomic E-state index is 12.1. The Balaban J connectivity index is 2.28. The second kappa shape index (κ2) is 9.38. The van der Waals surface area contributed by atoms with E-state index in [2.05, 4.69) is 26.1 Å². The minimum absolute atomic E-state index is 0.245. The number of nitrogens with two attached hydrogens (primary N) is 1. The van der Waals surface area contributed by atoms with Gasteiger partial charge in [-0.1, -0.05) is 40.0 Å². The van der Waals surface area contributed by atoms with E-state index in [1.165, 1.54) is 32.1 Å². The third-order valence-electron chi connectivity index (χ3n) is 4.95. The Hall–Kier alpha value is -0.570. The fraction of sp³-hybridized carbons (Fsp3) is 0.941. The highest BCUT2D eigenvalue weighted by molar-refractivity contribution is 5.76. The first kappa shape index (κ1) is 17.5. The van der Waals surface area contributed by atoms with E-state index in [1.54, 1.807) is 0 Å². The Morgan fingerprint density at radius 1 is 1.30 bits per heavy atom. The SMILES string of the molecule is CCC1CCCC(NC(=O)CCC(CCN)C(C)C)C1. The number of hydrogen-bond acceptors (Lipinski definition) is 2. The molecule has 0 aliphatic heterocycles. The molecule has 0 spiro atoms. The molecular weight excluding hydrogens is 248 g/mol. The van der Waals surface area contributed by atoms with Gasteiger partial charge in [-0.05, 0) is 50.0 Å². The predicted molar refractivity (Wildman–Crippen MR) is 85.4 cm³/mol. The zero-order valence-electron chi connectivity index (χ0n) is 13.7. The minimum atomic E-state index is 0.245. The van der Waals surface area contributed by atoms with Crippen LogP contribution in [-0.2, 0) is 4.79 Å². The fourth-order valence-electron chi connectivity index (χ4n) is 3.43. The molecule has 1 saturated carbocycles. The molecule has 3 unspecified atom stereocenters. The first-order valence-electron chi connectivity index (χ1n) is 8.56. The van der Waals surface area contributed by atoms with Crippen molar-refractivity contribution in [3.63, 3.8) is 0 Å². The Morgan fingerprint density at radius 3 is 2.65 bits per heavy atom. The molecule has 3 nitrogen and oxygen atoms in total. The van der Waals surface area contributed by atoms with Crippen LogP contribution in [0.5, 0.6) is 0 Å². The predicted octanol–water partition coefficient (Wildman–Crippen LogP) is 3.47. The molecule has 1 aliphatic rings. The van der Waals surface area contributed by atoms with Crippen LogP contribution >= 0.6 is 0 Å². The van der Waals surface area contributed by atoms with Crippen molar-refractivity contribution in [1.82, 2.24) is 5.32 Å². The van der Waals surface area contributed by atoms with Crippen LogP contribution in [0.25, 0.3) is 0 Å². The molecule has 3 heteroatoms. The van der Waals surface area contributed by atoms with Gasteiger partial charge in [0.25, 0.3) is 0 Å². The van der Waals surface area contributed by atoms with Crippen LogP contribution in [0.1, 0.15) is 72.1 Å². The number of rotatable bonds is 8. The molecule has 1 aliphatic carbocycles. The normalized spacial score (nSPS) is 24.6. The fourth-order valence-corrected chi connectivity index (χ4v) is 3.43. The van der Waals surface area contributed by atoms with Crippen molar-refractivity contribution in [3.8, 4) is 0 Å². The summed E-state index contributed by atoms with van der Waals surface area (Å²) in [5.74, 6) is 2.26. The third-order valence-corrected chi connectivity index (χ3v) is 4.95. The number of carbonyl (C=O) groups excluding carboxylic acids is 1. The molecule has 1 fully saturated rings. The molecule has 0 aromatic rings. The van der Waals surface area contributed by atoms with E-state index in [1.807, 2.05) is 0 Å². The van der Waals surface area contributed by atoms with Crippen LogP contribution in [0.15, 0.2) is 0 Å². The van der Waals surface area contributed by atoms with Gasteiger partial charge in [-0.2, -0.15) is 0 Å². The molecule has 3 atom stereocenters. The van der Waals surface area contributed by atoms with Gasteiger partial charge in [0.1, 0.15) is 0 Å². The van der Waals surface area contributed by atoms with Gasteiger partial charge in [0.05, 0.1) is 0 Å². The second-order valence-electron chi connectivity index (χ2n) is 6.83. The molecular formula is C17H34N2O. The highest BCUT2D eigenvalue weighted by Gasteiger charge is 2.22. The van der Waals surface area contributed by atoms with E-state index < -0.39 is 0 Å². The summed E-state index contributed by atoms with van der Waals surface area (Å²) in [4.78, 5) is 12.1. The van der Waals surface area contributed by atoms with Gasteiger partial charge in [0.2, 0.25) is 5.91 Å². The number of nitrogens with one attached hydrogen (secondary N) is 1. The average Bonchev–Trinajstić information content (AvgIpc) is 2.43. The van der Waals surface area contributed by atoms with Crippen molar-refractivity contribution in [2.45, 2.75) is 78.2 Å². The van der Waals surface area contributed by atoms with Gasteiger partial charge in [0, 0.05) is 12.5 Å². The summed E-state index contributed by atoms with van der Waals surface area (Å²) in [5, 5.41) is 3.25. The van der Waals surface area contributed by atoms with E-state index in [0.717, 1.165) is 25.3 Å². The van der Waals surface area contributed by atoms with Crippen molar-refractivity contribution >= 4 is 5.91 Å². The first-order chi connectivity index (χ1) is 9.56. The highest BCUT2D eigenvalue weighted by Crippen LogP contribution is 2.27. The van der Waals surface area contributed by atoms with Crippen molar-refractivity contribution in [2.24, 2.45) is 23.5 Å². The molecule has 118 valence electrons. The smallest absolute Gasteiger partial charge is 0.220 e. The summed E-state index contributed by atoms with van der Waals surface area (Å²) in [6.45, 7) is 7.44. The minimum Gasteiger partial charge on any atom is -0.353 e. The third kappa shape index (κ3) is 6.25. The van der Waals surface area contributed by atoms with E-state index >= 15 is 0 Å². The van der Waals surface area contributed by atoms with Crippen molar-refractivity contribution in [3.05, 3.63) is 0 Å². The summed E-state index contributed by atoms with van der Waals surface area (Å²) in [7, 11) is 0. The van der Waals surface area contributed by atoms with Crippen molar-refractivity contribution in [1.29, 1.82) is 0 Å². The summed E-state index contributed by atoms with van der Waals surface area (Å²) in [6.07, 6.45) is 8.88. The zero-order chi connectivity index (χ0) is 15.0. The van der Waals surface area contributed by atoms with Gasteiger partial charge < -0.3 is 11.1 Å². The molecule has 3 N–H and O–H groups in total. The topological polar surface area (TPSA) is 55.1 Å². The Morgan fingerprint density at radius 2 is 2.05 bits per heavy atom. The lowest BCUT2D eigenvalue weighted by Gasteiger charge is -2.29. The molecule has 0 aromatic heterocycles. The molecule has 0 aromatic carbocycles. The van der Waals surface area contributed by atoms with Gasteiger partial charge in [0.15, 0.2) is 0 Å². The van der Waals surface area contributed by atoms with Crippen LogP contribution in [0, 0.1) is 17.8 Å². The molecule has 0 heterocycles. The Kier molecular flexibility index (Phi) is 8.20. The molecule has 0 radical (unpaired) electrons. The standard InChI is InChI=1S/C17H34N2O/c1-4-14-6-5-7-16(12-14)19-17(20)9-8-15(10-11-18)13(2)3/h13-16H,4-12,18H2,1-3H3,(H,19,20). The van der Waals surface area contributed by atoms with Crippen LogP contribution < -0.4 is 11.1 Å². The van der Waals surface area contributed by atoms with Crippen LogP contribution in [0.2, 0.25) is 0 Å². The molecule has 1 rings (SSSR count). The zero-order valence-corrected chi connectivity index (χ0v) is 13.7. The van der Waals surface area contributed by atoms with E-state index in [0.29, 0.717) is 24.3 Å². The molecule has 0 saturated heterocycles. The average molecular weight is 282 g/mol.